The smallest absolute Gasteiger partial charge is 0.248 e. The average molecular weight is 470 g/mol. The summed E-state index contributed by atoms with van der Waals surface area (Å²) >= 11 is 3.31. The number of nitrogens with one attached hydrogen (secondary N) is 1. The number of carbonyl (C=O) groups is 2. The van der Waals surface area contributed by atoms with Crippen LogP contribution in [0, 0.1) is 5.92 Å². The van der Waals surface area contributed by atoms with Crippen molar-refractivity contribution in [3.8, 4) is 0 Å². The van der Waals surface area contributed by atoms with Crippen LogP contribution < -0.4 is 11.1 Å². The number of nitrogen functional groups attached to an aromatic ring is 1. The van der Waals surface area contributed by atoms with Gasteiger partial charge in [-0.15, -0.1) is 0 Å². The van der Waals surface area contributed by atoms with E-state index in [2.05, 4.69) is 36.2 Å². The zero-order valence-corrected chi connectivity index (χ0v) is 17.6. The zero-order chi connectivity index (χ0) is 20.8. The van der Waals surface area contributed by atoms with Crippen molar-refractivity contribution in [3.63, 3.8) is 0 Å². The highest BCUT2D eigenvalue weighted by atomic mass is 79.9. The summed E-state index contributed by atoms with van der Waals surface area (Å²) in [5.74, 6) is 0.512. The molecule has 0 unspecified atom stereocenters. The van der Waals surface area contributed by atoms with Crippen LogP contribution in [0.3, 0.4) is 0 Å². The van der Waals surface area contributed by atoms with Crippen LogP contribution in [0.1, 0.15) is 19.3 Å². The molecule has 0 spiro atoms. The monoisotopic (exact) mass is 469 g/mol. The SMILES string of the molecule is Nc1cn(CC(=O)N2[C@@H]3CC[C@@H]3C[C@H]2C(=O)Nc2cccc(Br)n2)c2ncncc12. The Morgan fingerprint density at radius 1 is 1.30 bits per heavy atom. The molecule has 2 fully saturated rings. The molecule has 0 aromatic carbocycles. The Balaban J connectivity index is 1.38. The molecule has 30 heavy (non-hydrogen) atoms. The third-order valence-electron chi connectivity index (χ3n) is 6.03. The molecule has 3 N–H and O–H groups in total. The predicted octanol–water partition coefficient (Wildman–Crippen LogP) is 2.19. The molecule has 1 aliphatic carbocycles. The number of likely N-dealkylation sites (tertiary alicyclic amines) is 1. The van der Waals surface area contributed by atoms with Crippen molar-refractivity contribution in [2.45, 2.75) is 37.9 Å². The van der Waals surface area contributed by atoms with Crippen molar-refractivity contribution >= 4 is 50.3 Å². The van der Waals surface area contributed by atoms with E-state index in [4.69, 9.17) is 5.73 Å². The fraction of sp³-hybridized carbons (Fsp3) is 0.350. The number of hydrogen-bond acceptors (Lipinski definition) is 6. The van der Waals surface area contributed by atoms with Crippen LogP contribution in [0.5, 0.6) is 0 Å². The Morgan fingerprint density at radius 2 is 2.17 bits per heavy atom. The minimum Gasteiger partial charge on any atom is -0.397 e. The van der Waals surface area contributed by atoms with Crippen LogP contribution in [0.25, 0.3) is 11.0 Å². The maximum atomic E-state index is 13.3. The highest BCUT2D eigenvalue weighted by molar-refractivity contribution is 9.10. The minimum absolute atomic E-state index is 0.0762. The summed E-state index contributed by atoms with van der Waals surface area (Å²) in [6.07, 6.45) is 7.41. The summed E-state index contributed by atoms with van der Waals surface area (Å²) in [4.78, 5) is 40.6. The topological polar surface area (TPSA) is 119 Å². The summed E-state index contributed by atoms with van der Waals surface area (Å²) in [5, 5.41) is 3.57. The van der Waals surface area contributed by atoms with Gasteiger partial charge < -0.3 is 20.5 Å². The van der Waals surface area contributed by atoms with Gasteiger partial charge in [0.25, 0.3) is 0 Å². The van der Waals surface area contributed by atoms with Gasteiger partial charge in [0.1, 0.15) is 35.0 Å². The largest absolute Gasteiger partial charge is 0.397 e. The first-order chi connectivity index (χ1) is 14.5. The maximum absolute atomic E-state index is 13.3. The number of aromatic nitrogens is 4. The fourth-order valence-electron chi connectivity index (χ4n) is 4.51. The molecular weight excluding hydrogens is 450 g/mol. The summed E-state index contributed by atoms with van der Waals surface area (Å²) < 4.78 is 2.37. The third-order valence-corrected chi connectivity index (χ3v) is 6.47. The number of nitrogens with two attached hydrogens (primary N) is 1. The number of hydrogen-bond donors (Lipinski definition) is 2. The summed E-state index contributed by atoms with van der Waals surface area (Å²) in [5.41, 5.74) is 7.17. The first-order valence-electron chi connectivity index (χ1n) is 9.80. The van der Waals surface area contributed by atoms with E-state index < -0.39 is 6.04 Å². The average Bonchev–Trinajstić information content (AvgIpc) is 3.16. The van der Waals surface area contributed by atoms with Crippen molar-refractivity contribution in [2.75, 3.05) is 11.1 Å². The standard InChI is InChI=1S/C20H20BrN7O2/c21-16-2-1-3-17(25-16)26-20(30)15-6-11-4-5-14(11)28(15)18(29)9-27-8-13(22)12-7-23-10-24-19(12)27/h1-3,7-8,10-11,14-15H,4-6,9,22H2,(H,25,26,30)/t11-,14-,15+/m1/s1. The highest BCUT2D eigenvalue weighted by Gasteiger charge is 2.51. The molecule has 2 amide bonds. The number of pyridine rings is 1. The van der Waals surface area contributed by atoms with E-state index in [9.17, 15) is 9.59 Å². The number of fused-ring (bicyclic) bond motifs is 2. The molecule has 1 saturated heterocycles. The van der Waals surface area contributed by atoms with Gasteiger partial charge in [-0.3, -0.25) is 9.59 Å². The lowest BCUT2D eigenvalue weighted by Gasteiger charge is -2.37. The van der Waals surface area contributed by atoms with Gasteiger partial charge in [-0.25, -0.2) is 15.0 Å². The van der Waals surface area contributed by atoms with Gasteiger partial charge in [-0.2, -0.15) is 0 Å². The molecule has 0 radical (unpaired) electrons. The number of nitrogens with zero attached hydrogens (tertiary/aromatic N) is 5. The minimum atomic E-state index is -0.510. The van der Waals surface area contributed by atoms with Crippen LogP contribution >= 0.6 is 15.9 Å². The van der Waals surface area contributed by atoms with Crippen molar-refractivity contribution < 1.29 is 9.59 Å². The molecule has 1 aliphatic heterocycles. The predicted molar refractivity (Wildman–Crippen MR) is 114 cm³/mol. The summed E-state index contributed by atoms with van der Waals surface area (Å²) in [6.45, 7) is 0.0762. The Hall–Kier alpha value is -3.01. The van der Waals surface area contributed by atoms with E-state index >= 15 is 0 Å². The van der Waals surface area contributed by atoms with E-state index in [1.54, 1.807) is 40.1 Å². The molecule has 5 rings (SSSR count). The zero-order valence-electron chi connectivity index (χ0n) is 16.0. The Kier molecular flexibility index (Phi) is 4.65. The number of carbonyl (C=O) groups excluding carboxylic acids is 2. The highest BCUT2D eigenvalue weighted by Crippen LogP contribution is 2.44. The first kappa shape index (κ1) is 19.0. The fourth-order valence-corrected chi connectivity index (χ4v) is 4.85. The van der Waals surface area contributed by atoms with Crippen LogP contribution in [-0.4, -0.2) is 48.3 Å². The first-order valence-corrected chi connectivity index (χ1v) is 10.6. The molecule has 0 bridgehead atoms. The number of rotatable bonds is 4. The number of amides is 2. The van der Waals surface area contributed by atoms with Crippen molar-refractivity contribution in [3.05, 3.63) is 41.5 Å². The summed E-state index contributed by atoms with van der Waals surface area (Å²) in [7, 11) is 0. The van der Waals surface area contributed by atoms with Gasteiger partial charge in [-0.05, 0) is 53.2 Å². The molecule has 3 aromatic rings. The second kappa shape index (κ2) is 7.35. The molecule has 3 aromatic heterocycles. The Bertz CT molecular complexity index is 1150. The number of anilines is 2. The van der Waals surface area contributed by atoms with Gasteiger partial charge >= 0.3 is 0 Å². The van der Waals surface area contributed by atoms with Gasteiger partial charge in [0, 0.05) is 18.4 Å². The van der Waals surface area contributed by atoms with Crippen LogP contribution in [0.4, 0.5) is 11.5 Å². The Morgan fingerprint density at radius 3 is 2.93 bits per heavy atom. The van der Waals surface area contributed by atoms with Crippen LogP contribution in [0.2, 0.25) is 0 Å². The molecule has 3 atom stereocenters. The van der Waals surface area contributed by atoms with E-state index in [0.29, 0.717) is 39.5 Å². The molecule has 10 heteroatoms. The lowest BCUT2D eigenvalue weighted by Crippen LogP contribution is -2.50. The lowest BCUT2D eigenvalue weighted by molar-refractivity contribution is -0.140. The maximum Gasteiger partial charge on any atom is 0.248 e. The van der Waals surface area contributed by atoms with Gasteiger partial charge in [0.05, 0.1) is 11.1 Å². The van der Waals surface area contributed by atoms with E-state index in [1.807, 2.05) is 0 Å². The molecule has 4 heterocycles. The second-order valence-electron chi connectivity index (χ2n) is 7.76. The normalized spacial score (nSPS) is 22.6. The van der Waals surface area contributed by atoms with Crippen molar-refractivity contribution in [2.24, 2.45) is 5.92 Å². The quantitative estimate of drug-likeness (QED) is 0.565. The molecule has 2 aliphatic rings. The lowest BCUT2D eigenvalue weighted by atomic mass is 9.80. The van der Waals surface area contributed by atoms with E-state index in [0.717, 1.165) is 12.8 Å². The van der Waals surface area contributed by atoms with Gasteiger partial charge in [0.15, 0.2) is 0 Å². The van der Waals surface area contributed by atoms with Crippen molar-refractivity contribution in [1.29, 1.82) is 0 Å². The molecule has 154 valence electrons. The summed E-state index contributed by atoms with van der Waals surface area (Å²) in [6, 6.07) is 4.92. The third kappa shape index (κ3) is 3.20. The van der Waals surface area contributed by atoms with Gasteiger partial charge in [-0.1, -0.05) is 6.07 Å². The van der Waals surface area contributed by atoms with E-state index in [1.165, 1.54) is 6.33 Å². The number of halogens is 1. The van der Waals surface area contributed by atoms with Crippen molar-refractivity contribution in [1.82, 2.24) is 24.4 Å². The van der Waals surface area contributed by atoms with Crippen LogP contribution in [-0.2, 0) is 16.1 Å². The second-order valence-corrected chi connectivity index (χ2v) is 8.58. The molecular formula is C20H20BrN7O2. The Labute approximate surface area is 180 Å². The van der Waals surface area contributed by atoms with E-state index in [-0.39, 0.29) is 24.4 Å². The van der Waals surface area contributed by atoms with Gasteiger partial charge in [0.2, 0.25) is 11.8 Å². The molecule has 9 nitrogen and oxygen atoms in total. The van der Waals surface area contributed by atoms with Crippen LogP contribution in [0.15, 0.2) is 41.5 Å². The molecule has 1 saturated carbocycles.